The molecule has 0 unspecified atom stereocenters. The van der Waals surface area contributed by atoms with Crippen molar-refractivity contribution in [1.82, 2.24) is 19.9 Å². The van der Waals surface area contributed by atoms with Crippen LogP contribution in [0.3, 0.4) is 0 Å². The third-order valence-electron chi connectivity index (χ3n) is 4.40. The van der Waals surface area contributed by atoms with Crippen molar-refractivity contribution in [3.63, 3.8) is 0 Å². The fourth-order valence-electron chi connectivity index (χ4n) is 2.99. The number of hydrogen-bond acceptors (Lipinski definition) is 10. The first kappa shape index (κ1) is 20.9. The minimum absolute atomic E-state index is 0.278. The number of nitrogens with zero attached hydrogens (tertiary/aromatic N) is 6. The molecule has 0 saturated carbocycles. The normalized spacial score (nSPS) is 14.6. The van der Waals surface area contributed by atoms with E-state index in [9.17, 15) is 16.8 Å². The van der Waals surface area contributed by atoms with Crippen molar-refractivity contribution in [1.29, 1.82) is 0 Å². The van der Waals surface area contributed by atoms with Crippen molar-refractivity contribution >= 4 is 36.9 Å². The van der Waals surface area contributed by atoms with Crippen LogP contribution in [0, 0.1) is 0 Å². The Hall–Kier alpha value is -3.38. The van der Waals surface area contributed by atoms with Gasteiger partial charge in [0.2, 0.25) is 30.0 Å². The summed E-state index contributed by atoms with van der Waals surface area (Å²) in [4.78, 5) is 19.7. The van der Waals surface area contributed by atoms with E-state index in [4.69, 9.17) is 0 Å². The Morgan fingerprint density at radius 3 is 2.06 bits per heavy atom. The first-order valence-corrected chi connectivity index (χ1v) is 12.8. The molecule has 2 aromatic heterocycles. The second-order valence-corrected chi connectivity index (χ2v) is 10.7. The van der Waals surface area contributed by atoms with Gasteiger partial charge in [-0.05, 0) is 24.3 Å². The fraction of sp³-hybridized carbons (Fsp3) is 0.158. The molecule has 1 aliphatic rings. The minimum atomic E-state index is -3.59. The third-order valence-corrected chi connectivity index (χ3v) is 6.12. The molecule has 0 N–H and O–H groups in total. The highest BCUT2D eigenvalue weighted by molar-refractivity contribution is 7.90. The van der Waals surface area contributed by atoms with Crippen molar-refractivity contribution in [3.05, 3.63) is 66.8 Å². The quantitative estimate of drug-likeness (QED) is 0.517. The van der Waals surface area contributed by atoms with Crippen LogP contribution in [0.4, 0.5) is 11.5 Å². The van der Waals surface area contributed by atoms with E-state index in [1.165, 1.54) is 12.4 Å². The highest BCUT2D eigenvalue weighted by atomic mass is 32.2. The van der Waals surface area contributed by atoms with Gasteiger partial charge in [-0.3, -0.25) is 0 Å². The second kappa shape index (κ2) is 7.71. The molecule has 0 bridgehead atoms. The van der Waals surface area contributed by atoms with Crippen LogP contribution in [0.5, 0.6) is 0 Å². The van der Waals surface area contributed by atoms with Crippen molar-refractivity contribution in [3.8, 4) is 0 Å². The summed E-state index contributed by atoms with van der Waals surface area (Å²) in [5.74, 6) is 0.378. The second-order valence-electron chi connectivity index (χ2n) is 6.86. The highest BCUT2D eigenvalue weighted by Gasteiger charge is 2.27. The Morgan fingerprint density at radius 2 is 1.42 bits per heavy atom. The largest absolute Gasteiger partial charge is 0.320 e. The number of aromatic nitrogens is 4. The zero-order chi connectivity index (χ0) is 22.2. The van der Waals surface area contributed by atoms with Gasteiger partial charge in [-0.25, -0.2) is 36.8 Å². The first-order chi connectivity index (χ1) is 14.6. The molecule has 0 saturated heterocycles. The van der Waals surface area contributed by atoms with E-state index in [-0.39, 0.29) is 10.3 Å². The maximum atomic E-state index is 11.9. The standard InChI is InChI=1S/C19H18N6O4S2/c1-30(26,27)18-20-10-8-15(22-18)16-12-24(13-25(16)14-6-4-3-5-7-14)17-9-11-21-19(23-17)31(2,28)29/h3-12H,13H2,1-2H3. The van der Waals surface area contributed by atoms with Gasteiger partial charge in [0.1, 0.15) is 12.5 Å². The molecule has 0 spiro atoms. The Labute approximate surface area is 179 Å². The minimum Gasteiger partial charge on any atom is -0.320 e. The summed E-state index contributed by atoms with van der Waals surface area (Å²) in [6.45, 7) is 0.303. The van der Waals surface area contributed by atoms with Gasteiger partial charge in [-0.15, -0.1) is 0 Å². The first-order valence-electron chi connectivity index (χ1n) is 9.00. The SMILES string of the molecule is CS(=O)(=O)c1nccc(C2=CN(c3ccnc(S(C)(=O)=O)n3)CN2c2ccccc2)n1. The van der Waals surface area contributed by atoms with Crippen LogP contribution in [0.2, 0.25) is 0 Å². The van der Waals surface area contributed by atoms with Gasteiger partial charge < -0.3 is 9.80 Å². The van der Waals surface area contributed by atoms with Crippen LogP contribution in [0.25, 0.3) is 5.70 Å². The summed E-state index contributed by atoms with van der Waals surface area (Å²) in [5.41, 5.74) is 1.85. The molecule has 3 aromatic rings. The van der Waals surface area contributed by atoms with Crippen molar-refractivity contribution in [2.45, 2.75) is 10.3 Å². The van der Waals surface area contributed by atoms with E-state index in [0.29, 0.717) is 23.9 Å². The maximum absolute atomic E-state index is 11.9. The molecule has 0 radical (unpaired) electrons. The summed E-state index contributed by atoms with van der Waals surface area (Å²) >= 11 is 0. The lowest BCUT2D eigenvalue weighted by molar-refractivity contribution is 0.591. The Bertz CT molecular complexity index is 1380. The highest BCUT2D eigenvalue weighted by Crippen LogP contribution is 2.32. The van der Waals surface area contributed by atoms with Crippen molar-refractivity contribution < 1.29 is 16.8 Å². The molecular formula is C19H18N6O4S2. The molecule has 160 valence electrons. The number of hydrogen-bond donors (Lipinski definition) is 0. The van der Waals surface area contributed by atoms with E-state index in [1.807, 2.05) is 35.2 Å². The van der Waals surface area contributed by atoms with Crippen molar-refractivity contribution in [2.75, 3.05) is 29.0 Å². The monoisotopic (exact) mass is 458 g/mol. The maximum Gasteiger partial charge on any atom is 0.248 e. The van der Waals surface area contributed by atoms with Crippen LogP contribution in [0.15, 0.2) is 71.4 Å². The molecule has 0 fully saturated rings. The smallest absolute Gasteiger partial charge is 0.248 e. The average molecular weight is 459 g/mol. The summed E-state index contributed by atoms with van der Waals surface area (Å²) in [7, 11) is -7.17. The summed E-state index contributed by atoms with van der Waals surface area (Å²) < 4.78 is 47.6. The Morgan fingerprint density at radius 1 is 0.806 bits per heavy atom. The van der Waals surface area contributed by atoms with Gasteiger partial charge >= 0.3 is 0 Å². The summed E-state index contributed by atoms with van der Waals surface area (Å²) in [6.07, 6.45) is 6.59. The molecule has 0 atom stereocenters. The molecule has 4 rings (SSSR count). The van der Waals surface area contributed by atoms with E-state index >= 15 is 0 Å². The van der Waals surface area contributed by atoms with Crippen LogP contribution in [-0.2, 0) is 19.7 Å². The molecular weight excluding hydrogens is 440 g/mol. The van der Waals surface area contributed by atoms with Gasteiger partial charge in [0, 0.05) is 36.8 Å². The predicted molar refractivity (Wildman–Crippen MR) is 115 cm³/mol. The molecule has 12 heteroatoms. The summed E-state index contributed by atoms with van der Waals surface area (Å²) in [5, 5.41) is -0.557. The van der Waals surface area contributed by atoms with Crippen LogP contribution in [-0.4, -0.2) is 56.0 Å². The lowest BCUT2D eigenvalue weighted by Gasteiger charge is -2.23. The lowest BCUT2D eigenvalue weighted by Crippen LogP contribution is -2.27. The lowest BCUT2D eigenvalue weighted by atomic mass is 10.2. The predicted octanol–water partition coefficient (Wildman–Crippen LogP) is 1.36. The van der Waals surface area contributed by atoms with Gasteiger partial charge in [0.05, 0.1) is 11.4 Å². The van der Waals surface area contributed by atoms with Gasteiger partial charge in [0.15, 0.2) is 0 Å². The van der Waals surface area contributed by atoms with Crippen LogP contribution < -0.4 is 9.80 Å². The van der Waals surface area contributed by atoms with Crippen molar-refractivity contribution in [2.24, 2.45) is 0 Å². The Kier molecular flexibility index (Phi) is 5.19. The number of sulfone groups is 2. The van der Waals surface area contributed by atoms with Crippen LogP contribution in [0.1, 0.15) is 5.69 Å². The van der Waals surface area contributed by atoms with E-state index in [1.54, 1.807) is 23.2 Å². The molecule has 0 aliphatic carbocycles. The van der Waals surface area contributed by atoms with E-state index in [2.05, 4.69) is 19.9 Å². The zero-order valence-electron chi connectivity index (χ0n) is 16.6. The fourth-order valence-corrected chi connectivity index (χ4v) is 4.02. The average Bonchev–Trinajstić information content (AvgIpc) is 3.19. The topological polar surface area (TPSA) is 126 Å². The molecule has 31 heavy (non-hydrogen) atoms. The molecule has 0 amide bonds. The third kappa shape index (κ3) is 4.39. The zero-order valence-corrected chi connectivity index (χ0v) is 18.2. The molecule has 1 aliphatic heterocycles. The number of anilines is 2. The summed E-state index contributed by atoms with van der Waals surface area (Å²) in [6, 6.07) is 12.7. The molecule has 1 aromatic carbocycles. The number of benzene rings is 1. The molecule has 3 heterocycles. The molecule has 10 nitrogen and oxygen atoms in total. The number of rotatable bonds is 5. The van der Waals surface area contributed by atoms with Gasteiger partial charge in [-0.1, -0.05) is 18.2 Å². The number of para-hydroxylation sites is 1. The van der Waals surface area contributed by atoms with Crippen LogP contribution >= 0.6 is 0 Å². The Balaban J connectivity index is 1.82. The van der Waals surface area contributed by atoms with E-state index in [0.717, 1.165) is 18.2 Å². The van der Waals surface area contributed by atoms with E-state index < -0.39 is 19.7 Å². The van der Waals surface area contributed by atoms with Gasteiger partial charge in [0.25, 0.3) is 0 Å². The van der Waals surface area contributed by atoms with Gasteiger partial charge in [-0.2, -0.15) is 0 Å².